The van der Waals surface area contributed by atoms with Crippen LogP contribution >= 0.6 is 0 Å². The summed E-state index contributed by atoms with van der Waals surface area (Å²) >= 11 is 0. The molecule has 0 bridgehead atoms. The normalized spacial score (nSPS) is 12.9. The molecular formula is C14H31NO. The van der Waals surface area contributed by atoms with Gasteiger partial charge in [-0.1, -0.05) is 46.5 Å². The van der Waals surface area contributed by atoms with Crippen molar-refractivity contribution in [3.63, 3.8) is 0 Å². The van der Waals surface area contributed by atoms with Crippen LogP contribution in [0.2, 0.25) is 0 Å². The van der Waals surface area contributed by atoms with E-state index in [0.717, 1.165) is 26.2 Å². The molecule has 0 rings (SSSR count). The maximum absolute atomic E-state index is 5.55. The van der Waals surface area contributed by atoms with E-state index in [2.05, 4.69) is 26.1 Å². The summed E-state index contributed by atoms with van der Waals surface area (Å²) in [6.45, 7) is 9.51. The summed E-state index contributed by atoms with van der Waals surface area (Å²) in [5.41, 5.74) is 0. The Kier molecular flexibility index (Phi) is 12.9. The van der Waals surface area contributed by atoms with Gasteiger partial charge in [0.05, 0.1) is 0 Å². The third kappa shape index (κ3) is 10.4. The van der Waals surface area contributed by atoms with Gasteiger partial charge in [-0.15, -0.1) is 0 Å². The highest BCUT2D eigenvalue weighted by molar-refractivity contribution is 4.65. The molecule has 1 N–H and O–H groups in total. The predicted octanol–water partition coefficient (Wildman–Crippen LogP) is 3.75. The van der Waals surface area contributed by atoms with Crippen molar-refractivity contribution in [1.29, 1.82) is 0 Å². The fraction of sp³-hybridized carbons (Fsp3) is 1.00. The average molecular weight is 229 g/mol. The van der Waals surface area contributed by atoms with E-state index in [1.807, 2.05) is 0 Å². The highest BCUT2D eigenvalue weighted by Crippen LogP contribution is 2.08. The van der Waals surface area contributed by atoms with Crippen LogP contribution in [0.15, 0.2) is 0 Å². The zero-order valence-electron chi connectivity index (χ0n) is 11.6. The molecule has 0 aromatic carbocycles. The van der Waals surface area contributed by atoms with Gasteiger partial charge < -0.3 is 10.1 Å². The molecule has 0 radical (unpaired) electrons. The zero-order chi connectivity index (χ0) is 12.1. The van der Waals surface area contributed by atoms with Crippen LogP contribution in [0.25, 0.3) is 0 Å². The SMILES string of the molecule is CCCCCCC(CCOCCC)NCC. The number of nitrogens with one attached hydrogen (secondary N) is 1. The minimum absolute atomic E-state index is 0.665. The van der Waals surface area contributed by atoms with Crippen molar-refractivity contribution in [1.82, 2.24) is 5.32 Å². The molecule has 0 spiro atoms. The Morgan fingerprint density at radius 3 is 2.31 bits per heavy atom. The van der Waals surface area contributed by atoms with Gasteiger partial charge in [-0.3, -0.25) is 0 Å². The molecule has 0 fully saturated rings. The van der Waals surface area contributed by atoms with E-state index in [0.29, 0.717) is 6.04 Å². The molecule has 0 amide bonds. The van der Waals surface area contributed by atoms with Gasteiger partial charge in [-0.2, -0.15) is 0 Å². The lowest BCUT2D eigenvalue weighted by molar-refractivity contribution is 0.123. The monoisotopic (exact) mass is 229 g/mol. The van der Waals surface area contributed by atoms with Crippen LogP contribution in [0.1, 0.15) is 65.7 Å². The number of ether oxygens (including phenoxy) is 1. The molecule has 0 aromatic rings. The maximum atomic E-state index is 5.55. The van der Waals surface area contributed by atoms with Gasteiger partial charge in [0.2, 0.25) is 0 Å². The quantitative estimate of drug-likeness (QED) is 0.515. The van der Waals surface area contributed by atoms with Gasteiger partial charge in [0.25, 0.3) is 0 Å². The molecule has 0 aromatic heterocycles. The summed E-state index contributed by atoms with van der Waals surface area (Å²) < 4.78 is 5.55. The molecule has 2 heteroatoms. The predicted molar refractivity (Wildman–Crippen MR) is 72.0 cm³/mol. The molecule has 0 aliphatic carbocycles. The summed E-state index contributed by atoms with van der Waals surface area (Å²) in [4.78, 5) is 0. The highest BCUT2D eigenvalue weighted by atomic mass is 16.5. The van der Waals surface area contributed by atoms with E-state index in [9.17, 15) is 0 Å². The van der Waals surface area contributed by atoms with Gasteiger partial charge in [-0.25, -0.2) is 0 Å². The lowest BCUT2D eigenvalue weighted by atomic mass is 10.0. The standard InChI is InChI=1S/C14H31NO/c1-4-7-8-9-10-14(15-6-3)11-13-16-12-5-2/h14-15H,4-13H2,1-3H3. The summed E-state index contributed by atoms with van der Waals surface area (Å²) in [6, 6.07) is 0.665. The van der Waals surface area contributed by atoms with Crippen LogP contribution in [0, 0.1) is 0 Å². The second kappa shape index (κ2) is 13.0. The highest BCUT2D eigenvalue weighted by Gasteiger charge is 2.06. The van der Waals surface area contributed by atoms with E-state index in [-0.39, 0.29) is 0 Å². The first kappa shape index (κ1) is 15.9. The topological polar surface area (TPSA) is 21.3 Å². The van der Waals surface area contributed by atoms with Gasteiger partial charge in [-0.05, 0) is 25.8 Å². The Morgan fingerprint density at radius 2 is 1.69 bits per heavy atom. The third-order valence-corrected chi connectivity index (χ3v) is 2.86. The molecule has 1 atom stereocenters. The largest absolute Gasteiger partial charge is 0.381 e. The van der Waals surface area contributed by atoms with Crippen molar-refractivity contribution in [2.75, 3.05) is 19.8 Å². The van der Waals surface area contributed by atoms with E-state index in [1.165, 1.54) is 38.5 Å². The first-order valence-electron chi connectivity index (χ1n) is 7.16. The first-order valence-corrected chi connectivity index (χ1v) is 7.16. The van der Waals surface area contributed by atoms with Crippen molar-refractivity contribution in [3.05, 3.63) is 0 Å². The van der Waals surface area contributed by atoms with Gasteiger partial charge in [0.1, 0.15) is 0 Å². The number of rotatable bonds is 12. The van der Waals surface area contributed by atoms with Crippen LogP contribution in [0.3, 0.4) is 0 Å². The van der Waals surface area contributed by atoms with Crippen LogP contribution in [-0.4, -0.2) is 25.8 Å². The van der Waals surface area contributed by atoms with Gasteiger partial charge in [0, 0.05) is 19.3 Å². The fourth-order valence-corrected chi connectivity index (χ4v) is 1.93. The molecular weight excluding hydrogens is 198 g/mol. The number of unbranched alkanes of at least 4 members (excludes halogenated alkanes) is 3. The molecule has 16 heavy (non-hydrogen) atoms. The summed E-state index contributed by atoms with van der Waals surface area (Å²) in [5.74, 6) is 0. The Balaban J connectivity index is 3.45. The van der Waals surface area contributed by atoms with Gasteiger partial charge in [0.15, 0.2) is 0 Å². The van der Waals surface area contributed by atoms with E-state index in [4.69, 9.17) is 4.74 Å². The second-order valence-corrected chi connectivity index (χ2v) is 4.50. The van der Waals surface area contributed by atoms with Crippen molar-refractivity contribution in [2.24, 2.45) is 0 Å². The molecule has 0 heterocycles. The van der Waals surface area contributed by atoms with Gasteiger partial charge >= 0.3 is 0 Å². The van der Waals surface area contributed by atoms with Crippen LogP contribution < -0.4 is 5.32 Å². The Hall–Kier alpha value is -0.0800. The fourth-order valence-electron chi connectivity index (χ4n) is 1.93. The van der Waals surface area contributed by atoms with E-state index < -0.39 is 0 Å². The molecule has 2 nitrogen and oxygen atoms in total. The number of hydrogen-bond acceptors (Lipinski definition) is 2. The molecule has 98 valence electrons. The third-order valence-electron chi connectivity index (χ3n) is 2.86. The summed E-state index contributed by atoms with van der Waals surface area (Å²) in [7, 11) is 0. The maximum Gasteiger partial charge on any atom is 0.0480 e. The first-order chi connectivity index (χ1) is 7.85. The molecule has 0 aliphatic rings. The Labute approximate surface area is 102 Å². The zero-order valence-corrected chi connectivity index (χ0v) is 11.6. The lowest BCUT2D eigenvalue weighted by Gasteiger charge is -2.17. The van der Waals surface area contributed by atoms with E-state index >= 15 is 0 Å². The van der Waals surface area contributed by atoms with Crippen molar-refractivity contribution in [3.8, 4) is 0 Å². The minimum Gasteiger partial charge on any atom is -0.381 e. The Morgan fingerprint density at radius 1 is 0.875 bits per heavy atom. The van der Waals surface area contributed by atoms with E-state index in [1.54, 1.807) is 0 Å². The van der Waals surface area contributed by atoms with Crippen molar-refractivity contribution < 1.29 is 4.74 Å². The summed E-state index contributed by atoms with van der Waals surface area (Å²) in [5, 5.41) is 3.56. The van der Waals surface area contributed by atoms with Crippen LogP contribution in [0.5, 0.6) is 0 Å². The molecule has 0 saturated heterocycles. The molecule has 0 saturated carbocycles. The van der Waals surface area contributed by atoms with Crippen molar-refractivity contribution >= 4 is 0 Å². The average Bonchev–Trinajstić information content (AvgIpc) is 2.30. The summed E-state index contributed by atoms with van der Waals surface area (Å²) in [6.07, 6.45) is 9.05. The Bertz CT molecular complexity index is 116. The molecule has 0 aliphatic heterocycles. The lowest BCUT2D eigenvalue weighted by Crippen LogP contribution is -2.30. The van der Waals surface area contributed by atoms with Crippen LogP contribution in [-0.2, 0) is 4.74 Å². The smallest absolute Gasteiger partial charge is 0.0480 e. The van der Waals surface area contributed by atoms with Crippen LogP contribution in [0.4, 0.5) is 0 Å². The minimum atomic E-state index is 0.665. The van der Waals surface area contributed by atoms with Crippen molar-refractivity contribution in [2.45, 2.75) is 71.8 Å². The molecule has 1 unspecified atom stereocenters. The second-order valence-electron chi connectivity index (χ2n) is 4.50. The number of hydrogen-bond donors (Lipinski definition) is 1.